The molecular weight excluding hydrogens is 259 g/mol. The Morgan fingerprint density at radius 3 is 2.63 bits per heavy atom. The molecule has 102 valence electrons. The van der Waals surface area contributed by atoms with Gasteiger partial charge in [-0.05, 0) is 30.7 Å². The molecule has 0 saturated heterocycles. The third-order valence-electron chi connectivity index (χ3n) is 2.58. The summed E-state index contributed by atoms with van der Waals surface area (Å²) in [5.74, 6) is 5.07. The quantitative estimate of drug-likeness (QED) is 0.665. The predicted molar refractivity (Wildman–Crippen MR) is 65.6 cm³/mol. The summed E-state index contributed by atoms with van der Waals surface area (Å²) in [6, 6.07) is 5.64. The maximum Gasteiger partial charge on any atom is 0.573 e. The zero-order valence-corrected chi connectivity index (χ0v) is 10.1. The summed E-state index contributed by atoms with van der Waals surface area (Å²) in [5.41, 5.74) is 4.32. The van der Waals surface area contributed by atoms with E-state index in [9.17, 15) is 13.2 Å². The lowest BCUT2D eigenvalue weighted by Gasteiger charge is -2.12. The van der Waals surface area contributed by atoms with E-state index in [4.69, 9.17) is 5.84 Å². The van der Waals surface area contributed by atoms with E-state index in [1.54, 1.807) is 6.07 Å². The van der Waals surface area contributed by atoms with Gasteiger partial charge in [0, 0.05) is 11.1 Å². The molecule has 0 aliphatic heterocycles. The summed E-state index contributed by atoms with van der Waals surface area (Å²) in [6.45, 7) is 1.93. The topological polar surface area (TPSA) is 60.2 Å². The van der Waals surface area contributed by atoms with Crippen LogP contribution in [0.5, 0.6) is 5.75 Å². The van der Waals surface area contributed by atoms with Gasteiger partial charge in [0.05, 0.1) is 11.2 Å². The highest BCUT2D eigenvalue weighted by Gasteiger charge is 2.31. The molecule has 4 nitrogen and oxygen atoms in total. The van der Waals surface area contributed by atoms with Crippen molar-refractivity contribution >= 4 is 16.6 Å². The van der Waals surface area contributed by atoms with E-state index < -0.39 is 6.36 Å². The van der Waals surface area contributed by atoms with Crippen molar-refractivity contribution < 1.29 is 17.9 Å². The average molecular weight is 271 g/mol. The second-order valence-electron chi connectivity index (χ2n) is 3.89. The van der Waals surface area contributed by atoms with Crippen LogP contribution in [-0.2, 0) is 6.42 Å². The highest BCUT2D eigenvalue weighted by molar-refractivity contribution is 5.92. The number of nitrogens with zero attached hydrogens (tertiary/aromatic N) is 1. The lowest BCUT2D eigenvalue weighted by atomic mass is 10.1. The molecule has 19 heavy (non-hydrogen) atoms. The molecule has 2 aromatic rings. The first-order chi connectivity index (χ1) is 8.93. The van der Waals surface area contributed by atoms with Gasteiger partial charge in [-0.25, -0.2) is 0 Å². The second kappa shape index (κ2) is 4.93. The van der Waals surface area contributed by atoms with Gasteiger partial charge in [0.2, 0.25) is 0 Å². The van der Waals surface area contributed by atoms with Crippen LogP contribution in [-0.4, -0.2) is 11.3 Å². The highest BCUT2D eigenvalue weighted by Crippen LogP contribution is 2.29. The number of anilines is 1. The van der Waals surface area contributed by atoms with Gasteiger partial charge in [-0.15, -0.1) is 13.2 Å². The zero-order valence-electron chi connectivity index (χ0n) is 10.1. The highest BCUT2D eigenvalue weighted by atomic mass is 19.4. The number of hydrogen-bond donors (Lipinski definition) is 2. The Balaban J connectivity index is 2.52. The van der Waals surface area contributed by atoms with Gasteiger partial charge < -0.3 is 10.2 Å². The van der Waals surface area contributed by atoms with Crippen LogP contribution in [0.3, 0.4) is 0 Å². The van der Waals surface area contributed by atoms with E-state index in [-0.39, 0.29) is 5.75 Å². The van der Waals surface area contributed by atoms with Crippen LogP contribution in [0.2, 0.25) is 0 Å². The molecule has 1 heterocycles. The fourth-order valence-corrected chi connectivity index (χ4v) is 1.76. The molecule has 3 N–H and O–H groups in total. The van der Waals surface area contributed by atoms with Crippen molar-refractivity contribution in [3.8, 4) is 5.75 Å². The Kier molecular flexibility index (Phi) is 3.48. The molecule has 0 atom stereocenters. The molecule has 0 bridgehead atoms. The third-order valence-corrected chi connectivity index (χ3v) is 2.58. The molecule has 0 radical (unpaired) electrons. The van der Waals surface area contributed by atoms with Gasteiger partial charge in [0.25, 0.3) is 0 Å². The van der Waals surface area contributed by atoms with Crippen LogP contribution in [0.4, 0.5) is 18.9 Å². The second-order valence-corrected chi connectivity index (χ2v) is 3.89. The van der Waals surface area contributed by atoms with Crippen LogP contribution >= 0.6 is 0 Å². The Morgan fingerprint density at radius 1 is 1.32 bits per heavy atom. The van der Waals surface area contributed by atoms with Gasteiger partial charge in [0.15, 0.2) is 0 Å². The summed E-state index contributed by atoms with van der Waals surface area (Å²) in [4.78, 5) is 4.31. The van der Waals surface area contributed by atoms with Gasteiger partial charge >= 0.3 is 6.36 Å². The molecule has 0 saturated carbocycles. The van der Waals surface area contributed by atoms with Crippen molar-refractivity contribution in [3.63, 3.8) is 0 Å². The first kappa shape index (κ1) is 13.4. The molecule has 1 aromatic heterocycles. The average Bonchev–Trinajstić information content (AvgIpc) is 2.35. The van der Waals surface area contributed by atoms with E-state index >= 15 is 0 Å². The summed E-state index contributed by atoms with van der Waals surface area (Å²) in [7, 11) is 0. The van der Waals surface area contributed by atoms with Crippen LogP contribution < -0.4 is 16.0 Å². The van der Waals surface area contributed by atoms with Crippen molar-refractivity contribution in [2.45, 2.75) is 19.7 Å². The maximum absolute atomic E-state index is 12.2. The van der Waals surface area contributed by atoms with E-state index in [0.717, 1.165) is 5.69 Å². The van der Waals surface area contributed by atoms with E-state index in [1.165, 1.54) is 18.2 Å². The van der Waals surface area contributed by atoms with E-state index in [1.807, 2.05) is 6.92 Å². The Labute approximate surface area is 107 Å². The summed E-state index contributed by atoms with van der Waals surface area (Å²) in [5, 5.41) is 0.474. The number of alkyl halides is 3. The largest absolute Gasteiger partial charge is 0.573 e. The summed E-state index contributed by atoms with van der Waals surface area (Å²) < 4.78 is 40.4. The lowest BCUT2D eigenvalue weighted by molar-refractivity contribution is -0.274. The van der Waals surface area contributed by atoms with E-state index in [2.05, 4.69) is 15.1 Å². The molecule has 2 rings (SSSR count). The number of aryl methyl sites for hydroxylation is 1. The Morgan fingerprint density at radius 2 is 2.05 bits per heavy atom. The minimum Gasteiger partial charge on any atom is -0.406 e. The number of benzene rings is 1. The Hall–Kier alpha value is -2.02. The van der Waals surface area contributed by atoms with Gasteiger partial charge in [-0.2, -0.15) is 0 Å². The number of hydrazine groups is 1. The van der Waals surface area contributed by atoms with Gasteiger partial charge in [-0.3, -0.25) is 10.8 Å². The van der Waals surface area contributed by atoms with Gasteiger partial charge in [0.1, 0.15) is 5.75 Å². The normalized spacial score (nSPS) is 11.6. The molecule has 0 fully saturated rings. The van der Waals surface area contributed by atoms with Gasteiger partial charge in [-0.1, -0.05) is 6.92 Å². The molecule has 0 aliphatic rings. The predicted octanol–water partition coefficient (Wildman–Crippen LogP) is 2.98. The number of fused-ring (bicyclic) bond motifs is 1. The Bertz CT molecular complexity index is 599. The molecule has 0 unspecified atom stereocenters. The number of nitrogen functional groups attached to an aromatic ring is 1. The minimum atomic E-state index is -4.72. The van der Waals surface area contributed by atoms with Crippen LogP contribution in [0.1, 0.15) is 12.6 Å². The summed E-state index contributed by atoms with van der Waals surface area (Å²) >= 11 is 0. The molecule has 0 spiro atoms. The van der Waals surface area contributed by atoms with Crippen molar-refractivity contribution in [3.05, 3.63) is 30.0 Å². The number of halogens is 3. The van der Waals surface area contributed by atoms with Crippen molar-refractivity contribution in [1.82, 2.24) is 4.98 Å². The number of aromatic nitrogens is 1. The number of hydrogen-bond acceptors (Lipinski definition) is 4. The molecule has 7 heteroatoms. The SMILES string of the molecule is CCc1cc(NN)c2cc(OC(F)(F)F)ccc2n1. The number of nitrogens with one attached hydrogen (secondary N) is 1. The van der Waals surface area contributed by atoms with Crippen LogP contribution in [0, 0.1) is 0 Å². The molecular formula is C12H12F3N3O. The number of rotatable bonds is 3. The van der Waals surface area contributed by atoms with Crippen molar-refractivity contribution in [1.29, 1.82) is 0 Å². The smallest absolute Gasteiger partial charge is 0.406 e. The van der Waals surface area contributed by atoms with Crippen LogP contribution in [0.25, 0.3) is 10.9 Å². The van der Waals surface area contributed by atoms with E-state index in [0.29, 0.717) is 23.0 Å². The third kappa shape index (κ3) is 3.05. The van der Waals surface area contributed by atoms with Crippen LogP contribution in [0.15, 0.2) is 24.3 Å². The fraction of sp³-hybridized carbons (Fsp3) is 0.250. The van der Waals surface area contributed by atoms with Crippen molar-refractivity contribution in [2.24, 2.45) is 5.84 Å². The first-order valence-electron chi connectivity index (χ1n) is 5.59. The lowest BCUT2D eigenvalue weighted by Crippen LogP contribution is -2.17. The summed E-state index contributed by atoms with van der Waals surface area (Å²) in [6.07, 6.45) is -4.02. The first-order valence-corrected chi connectivity index (χ1v) is 5.59. The molecule has 1 aromatic carbocycles. The maximum atomic E-state index is 12.2. The molecule has 0 amide bonds. The monoisotopic (exact) mass is 271 g/mol. The fourth-order valence-electron chi connectivity index (χ4n) is 1.76. The van der Waals surface area contributed by atoms with Crippen molar-refractivity contribution in [2.75, 3.05) is 5.43 Å². The molecule has 0 aliphatic carbocycles. The minimum absolute atomic E-state index is 0.303. The number of ether oxygens (including phenoxy) is 1. The number of nitrogens with two attached hydrogens (primary N) is 1. The number of pyridine rings is 1. The zero-order chi connectivity index (χ0) is 14.0. The standard InChI is InChI=1S/C12H12F3N3O/c1-2-7-5-11(18-16)9-6-8(19-12(13,14)15)3-4-10(9)17-7/h3-6H,2,16H2,1H3,(H,17,18).